The fourth-order valence-corrected chi connectivity index (χ4v) is 2.60. The fourth-order valence-electron chi connectivity index (χ4n) is 2.60. The summed E-state index contributed by atoms with van der Waals surface area (Å²) in [6, 6.07) is 16.6. The molecule has 2 aromatic carbocycles. The molecule has 6 nitrogen and oxygen atoms in total. The molecule has 0 aliphatic heterocycles. The second kappa shape index (κ2) is 9.41. The first-order chi connectivity index (χ1) is 13.7. The highest BCUT2D eigenvalue weighted by Gasteiger charge is 2.08. The molecule has 0 fully saturated rings. The van der Waals surface area contributed by atoms with Gasteiger partial charge in [-0.05, 0) is 68.4 Å². The van der Waals surface area contributed by atoms with Crippen LogP contribution in [-0.4, -0.2) is 24.1 Å². The summed E-state index contributed by atoms with van der Waals surface area (Å²) in [5.74, 6) is 1.35. The third-order valence-electron chi connectivity index (χ3n) is 3.88. The molecule has 0 atom stereocenters. The molecule has 0 bridgehead atoms. The molecule has 0 saturated heterocycles. The highest BCUT2D eigenvalue weighted by Crippen LogP contribution is 2.21. The van der Waals surface area contributed by atoms with Crippen molar-refractivity contribution in [1.82, 2.24) is 4.98 Å². The molecular weight excluding hydrogens is 354 g/mol. The van der Waals surface area contributed by atoms with E-state index in [9.17, 15) is 4.79 Å². The second-order valence-corrected chi connectivity index (χ2v) is 5.96. The first kappa shape index (κ1) is 19.2. The average Bonchev–Trinajstić information content (AvgIpc) is 2.71. The van der Waals surface area contributed by atoms with E-state index in [2.05, 4.69) is 15.6 Å². The Bertz CT molecular complexity index is 909. The highest BCUT2D eigenvalue weighted by atomic mass is 16.5. The van der Waals surface area contributed by atoms with E-state index < -0.39 is 0 Å². The number of ether oxygens (including phenoxy) is 2. The van der Waals surface area contributed by atoms with Gasteiger partial charge in [0.05, 0.1) is 30.7 Å². The number of hydrogen-bond donors (Lipinski definition) is 2. The van der Waals surface area contributed by atoms with Crippen LogP contribution >= 0.6 is 0 Å². The van der Waals surface area contributed by atoms with Crippen LogP contribution in [0.2, 0.25) is 0 Å². The van der Waals surface area contributed by atoms with E-state index in [-0.39, 0.29) is 5.91 Å². The number of rotatable bonds is 8. The number of anilines is 3. The lowest BCUT2D eigenvalue weighted by Crippen LogP contribution is -2.12. The maximum absolute atomic E-state index is 12.5. The molecule has 0 spiro atoms. The molecule has 0 radical (unpaired) electrons. The molecule has 6 heteroatoms. The number of pyridine rings is 1. The van der Waals surface area contributed by atoms with Crippen molar-refractivity contribution < 1.29 is 14.3 Å². The normalized spacial score (nSPS) is 10.2. The van der Waals surface area contributed by atoms with Gasteiger partial charge in [-0.25, -0.2) is 0 Å². The molecule has 1 amide bonds. The van der Waals surface area contributed by atoms with Gasteiger partial charge in [-0.1, -0.05) is 0 Å². The van der Waals surface area contributed by atoms with Crippen LogP contribution in [0, 0.1) is 0 Å². The molecular formula is C22H23N3O3. The Hall–Kier alpha value is -3.54. The van der Waals surface area contributed by atoms with Gasteiger partial charge in [-0.2, -0.15) is 0 Å². The number of carbonyl (C=O) groups excluding carboxylic acids is 1. The maximum Gasteiger partial charge on any atom is 0.257 e. The van der Waals surface area contributed by atoms with Crippen molar-refractivity contribution in [2.75, 3.05) is 23.8 Å². The minimum absolute atomic E-state index is 0.230. The summed E-state index contributed by atoms with van der Waals surface area (Å²) in [6.45, 7) is 5.10. The number of hydrogen-bond acceptors (Lipinski definition) is 5. The molecule has 0 saturated carbocycles. The van der Waals surface area contributed by atoms with Crippen LogP contribution < -0.4 is 20.1 Å². The lowest BCUT2D eigenvalue weighted by molar-refractivity contribution is 0.102. The fraction of sp³-hybridized carbons (Fsp3) is 0.182. The molecule has 3 rings (SSSR count). The third-order valence-corrected chi connectivity index (χ3v) is 3.88. The molecule has 144 valence electrons. The quantitative estimate of drug-likeness (QED) is 0.586. The summed E-state index contributed by atoms with van der Waals surface area (Å²) in [6.07, 6.45) is 3.21. The Morgan fingerprint density at radius 1 is 0.821 bits per heavy atom. The zero-order valence-corrected chi connectivity index (χ0v) is 15.9. The number of carbonyl (C=O) groups is 1. The molecule has 0 aliphatic carbocycles. The predicted octanol–water partition coefficient (Wildman–Crippen LogP) is 4.87. The van der Waals surface area contributed by atoms with Crippen molar-refractivity contribution in [3.63, 3.8) is 0 Å². The van der Waals surface area contributed by atoms with E-state index in [0.717, 1.165) is 22.9 Å². The SMILES string of the molecule is CCOc1ccc(NC(=O)c2cncc(Nc3ccc(OCC)cc3)c2)cc1. The van der Waals surface area contributed by atoms with Crippen molar-refractivity contribution >= 4 is 23.0 Å². The van der Waals surface area contributed by atoms with E-state index in [4.69, 9.17) is 9.47 Å². The number of amides is 1. The van der Waals surface area contributed by atoms with Crippen LogP contribution in [0.4, 0.5) is 17.1 Å². The number of nitrogens with one attached hydrogen (secondary N) is 2. The zero-order valence-electron chi connectivity index (χ0n) is 15.9. The van der Waals surface area contributed by atoms with Gasteiger partial charge in [0, 0.05) is 17.6 Å². The van der Waals surface area contributed by atoms with E-state index in [1.807, 2.05) is 50.2 Å². The summed E-state index contributed by atoms with van der Waals surface area (Å²) in [4.78, 5) is 16.7. The smallest absolute Gasteiger partial charge is 0.257 e. The van der Waals surface area contributed by atoms with Gasteiger partial charge in [-0.3, -0.25) is 9.78 Å². The Morgan fingerprint density at radius 2 is 1.39 bits per heavy atom. The zero-order chi connectivity index (χ0) is 19.8. The summed E-state index contributed by atoms with van der Waals surface area (Å²) in [7, 11) is 0. The van der Waals surface area contributed by atoms with Gasteiger partial charge in [0.1, 0.15) is 11.5 Å². The molecule has 0 unspecified atom stereocenters. The van der Waals surface area contributed by atoms with Crippen molar-refractivity contribution in [2.45, 2.75) is 13.8 Å². The number of aromatic nitrogens is 1. The van der Waals surface area contributed by atoms with Crippen molar-refractivity contribution in [3.8, 4) is 11.5 Å². The van der Waals surface area contributed by atoms with Crippen LogP contribution in [0.15, 0.2) is 67.0 Å². The summed E-state index contributed by atoms with van der Waals surface area (Å²) in [5, 5.41) is 6.10. The number of benzene rings is 2. The molecule has 1 heterocycles. The van der Waals surface area contributed by atoms with Crippen molar-refractivity contribution in [2.24, 2.45) is 0 Å². The van der Waals surface area contributed by atoms with Crippen LogP contribution in [0.5, 0.6) is 11.5 Å². The van der Waals surface area contributed by atoms with Crippen molar-refractivity contribution in [3.05, 3.63) is 72.6 Å². The minimum Gasteiger partial charge on any atom is -0.494 e. The van der Waals surface area contributed by atoms with Crippen LogP contribution in [0.1, 0.15) is 24.2 Å². The Balaban J connectivity index is 1.65. The first-order valence-corrected chi connectivity index (χ1v) is 9.17. The molecule has 28 heavy (non-hydrogen) atoms. The van der Waals surface area contributed by atoms with E-state index in [1.165, 1.54) is 6.20 Å². The maximum atomic E-state index is 12.5. The van der Waals surface area contributed by atoms with Gasteiger partial charge in [0.25, 0.3) is 5.91 Å². The topological polar surface area (TPSA) is 72.5 Å². The molecule has 0 aliphatic rings. The second-order valence-electron chi connectivity index (χ2n) is 5.96. The third kappa shape index (κ3) is 5.23. The Morgan fingerprint density at radius 3 is 1.96 bits per heavy atom. The van der Waals surface area contributed by atoms with Gasteiger partial charge in [-0.15, -0.1) is 0 Å². The number of nitrogens with zero attached hydrogens (tertiary/aromatic N) is 1. The lowest BCUT2D eigenvalue weighted by Gasteiger charge is -2.10. The van der Waals surface area contributed by atoms with Crippen LogP contribution in [0.3, 0.4) is 0 Å². The van der Waals surface area contributed by atoms with E-state index in [1.54, 1.807) is 24.4 Å². The lowest BCUT2D eigenvalue weighted by atomic mass is 10.2. The Kier molecular flexibility index (Phi) is 6.46. The summed E-state index contributed by atoms with van der Waals surface area (Å²) < 4.78 is 10.8. The van der Waals surface area contributed by atoms with Gasteiger partial charge in [0.15, 0.2) is 0 Å². The largest absolute Gasteiger partial charge is 0.494 e. The van der Waals surface area contributed by atoms with Gasteiger partial charge in [0.2, 0.25) is 0 Å². The summed E-state index contributed by atoms with van der Waals surface area (Å²) >= 11 is 0. The van der Waals surface area contributed by atoms with E-state index in [0.29, 0.717) is 24.5 Å². The predicted molar refractivity (Wildman–Crippen MR) is 111 cm³/mol. The first-order valence-electron chi connectivity index (χ1n) is 9.17. The highest BCUT2D eigenvalue weighted by molar-refractivity contribution is 6.04. The van der Waals surface area contributed by atoms with Gasteiger partial charge >= 0.3 is 0 Å². The standard InChI is InChI=1S/C22H23N3O3/c1-3-27-20-9-5-17(6-10-20)24-19-13-16(14-23-15-19)22(26)25-18-7-11-21(12-8-18)28-4-2/h5-15,24H,3-4H2,1-2H3,(H,25,26). The monoisotopic (exact) mass is 377 g/mol. The average molecular weight is 377 g/mol. The molecule has 2 N–H and O–H groups in total. The van der Waals surface area contributed by atoms with Crippen LogP contribution in [-0.2, 0) is 0 Å². The van der Waals surface area contributed by atoms with Gasteiger partial charge < -0.3 is 20.1 Å². The minimum atomic E-state index is -0.230. The van der Waals surface area contributed by atoms with Crippen molar-refractivity contribution in [1.29, 1.82) is 0 Å². The van der Waals surface area contributed by atoms with Crippen LogP contribution in [0.25, 0.3) is 0 Å². The molecule has 3 aromatic rings. The Labute approximate surface area is 164 Å². The molecule has 1 aromatic heterocycles. The van der Waals surface area contributed by atoms with E-state index >= 15 is 0 Å². The summed E-state index contributed by atoms with van der Waals surface area (Å²) in [5.41, 5.74) is 2.76.